The molecule has 0 fully saturated rings. The Balaban J connectivity index is 2.71. The Hall–Kier alpha value is -2.18. The molecule has 0 spiro atoms. The number of rotatable bonds is 2. The number of carbonyl (C=O) groups is 1. The molecule has 1 aromatic carbocycles. The minimum Gasteiger partial charge on any atom is -0.496 e. The van der Waals surface area contributed by atoms with Crippen molar-refractivity contribution in [2.75, 3.05) is 7.11 Å². The zero-order valence-corrected chi connectivity index (χ0v) is 15.1. The van der Waals surface area contributed by atoms with Gasteiger partial charge in [-0.1, -0.05) is 0 Å². The average molecular weight is 357 g/mol. The van der Waals surface area contributed by atoms with Crippen molar-refractivity contribution in [1.82, 2.24) is 4.57 Å². The summed E-state index contributed by atoms with van der Waals surface area (Å²) in [4.78, 5) is 12.4. The first kappa shape index (κ1) is 19.1. The molecular weight excluding hydrogens is 335 g/mol. The van der Waals surface area contributed by atoms with Gasteiger partial charge >= 0.3 is 12.3 Å². The maximum Gasteiger partial charge on any atom is 0.419 e. The first-order valence-corrected chi connectivity index (χ1v) is 7.85. The lowest BCUT2D eigenvalue weighted by atomic mass is 9.94. The molecule has 0 saturated carbocycles. The van der Waals surface area contributed by atoms with Crippen LogP contribution in [0, 0.1) is 6.92 Å². The van der Waals surface area contributed by atoms with Crippen LogP contribution in [-0.2, 0) is 4.74 Å². The molecule has 1 heterocycles. The second kappa shape index (κ2) is 6.28. The van der Waals surface area contributed by atoms with Gasteiger partial charge in [-0.05, 0) is 52.3 Å². The van der Waals surface area contributed by atoms with Gasteiger partial charge in [0.25, 0.3) is 0 Å². The molecule has 0 aliphatic heterocycles. The van der Waals surface area contributed by atoms with Crippen LogP contribution in [0.1, 0.15) is 44.7 Å². The van der Waals surface area contributed by atoms with E-state index in [4.69, 9.17) is 9.47 Å². The van der Waals surface area contributed by atoms with E-state index in [0.29, 0.717) is 16.5 Å². The third kappa shape index (κ3) is 3.75. The molecule has 7 heteroatoms. The largest absolute Gasteiger partial charge is 0.496 e. The van der Waals surface area contributed by atoms with Gasteiger partial charge in [0.2, 0.25) is 0 Å². The van der Waals surface area contributed by atoms with E-state index in [2.05, 4.69) is 0 Å². The number of halogens is 3. The minimum absolute atomic E-state index is 0.0120. The Bertz CT molecular complexity index is 800. The second-order valence-electron chi connectivity index (χ2n) is 7.00. The van der Waals surface area contributed by atoms with Crippen LogP contribution in [0.5, 0.6) is 5.75 Å². The number of hydrogen-bond donors (Lipinski definition) is 0. The normalized spacial score (nSPS) is 13.8. The number of nitrogens with zero attached hydrogens (tertiary/aromatic N) is 1. The van der Waals surface area contributed by atoms with Crippen LogP contribution in [0.3, 0.4) is 0 Å². The predicted octanol–water partition coefficient (Wildman–Crippen LogP) is 5.41. The molecule has 0 amide bonds. The van der Waals surface area contributed by atoms with Crippen LogP contribution in [0.15, 0.2) is 18.3 Å². The number of ether oxygens (including phenoxy) is 2. The third-order valence-corrected chi connectivity index (χ3v) is 3.90. The molecule has 0 bridgehead atoms. The van der Waals surface area contributed by atoms with Crippen LogP contribution in [0.4, 0.5) is 18.0 Å². The molecule has 2 aromatic rings. The zero-order valence-electron chi connectivity index (χ0n) is 15.1. The van der Waals surface area contributed by atoms with Crippen molar-refractivity contribution in [2.45, 2.75) is 52.3 Å². The smallest absolute Gasteiger partial charge is 0.419 e. The SMILES string of the molecule is COc1cc(C)c2c(ccn2C(=O)OC(C)(C)C)c1C(C)C(F)(F)F. The van der Waals surface area contributed by atoms with Crippen molar-refractivity contribution < 1.29 is 27.4 Å². The summed E-state index contributed by atoms with van der Waals surface area (Å²) in [6, 6.07) is 3.01. The lowest BCUT2D eigenvalue weighted by molar-refractivity contribution is -0.146. The van der Waals surface area contributed by atoms with E-state index in [1.807, 2.05) is 0 Å². The predicted molar refractivity (Wildman–Crippen MR) is 89.3 cm³/mol. The van der Waals surface area contributed by atoms with Gasteiger partial charge in [-0.3, -0.25) is 4.57 Å². The van der Waals surface area contributed by atoms with E-state index < -0.39 is 23.8 Å². The second-order valence-corrected chi connectivity index (χ2v) is 7.00. The molecule has 1 unspecified atom stereocenters. The highest BCUT2D eigenvalue weighted by atomic mass is 19.4. The van der Waals surface area contributed by atoms with E-state index in [1.165, 1.54) is 30.0 Å². The molecular formula is C18H22F3NO3. The number of aromatic nitrogens is 1. The van der Waals surface area contributed by atoms with Crippen molar-refractivity contribution in [2.24, 2.45) is 0 Å². The summed E-state index contributed by atoms with van der Waals surface area (Å²) in [6.07, 6.45) is -3.64. The van der Waals surface area contributed by atoms with Gasteiger partial charge in [0.15, 0.2) is 0 Å². The van der Waals surface area contributed by atoms with Gasteiger partial charge < -0.3 is 9.47 Å². The molecule has 1 atom stereocenters. The topological polar surface area (TPSA) is 40.5 Å². The molecule has 4 nitrogen and oxygen atoms in total. The van der Waals surface area contributed by atoms with Crippen LogP contribution >= 0.6 is 0 Å². The minimum atomic E-state index is -4.43. The summed E-state index contributed by atoms with van der Waals surface area (Å²) in [6.45, 7) is 7.97. The van der Waals surface area contributed by atoms with Crippen molar-refractivity contribution in [1.29, 1.82) is 0 Å². The molecule has 1 aromatic heterocycles. The Morgan fingerprint density at radius 3 is 2.32 bits per heavy atom. The Morgan fingerprint density at radius 1 is 1.24 bits per heavy atom. The van der Waals surface area contributed by atoms with E-state index in [-0.39, 0.29) is 11.3 Å². The summed E-state index contributed by atoms with van der Waals surface area (Å²) in [7, 11) is 1.33. The highest BCUT2D eigenvalue weighted by Gasteiger charge is 2.40. The maximum absolute atomic E-state index is 13.3. The zero-order chi connectivity index (χ0) is 19.2. The van der Waals surface area contributed by atoms with Crippen molar-refractivity contribution in [3.63, 3.8) is 0 Å². The van der Waals surface area contributed by atoms with Crippen LogP contribution in [0.25, 0.3) is 10.9 Å². The van der Waals surface area contributed by atoms with Gasteiger partial charge in [-0.15, -0.1) is 0 Å². The fourth-order valence-electron chi connectivity index (χ4n) is 2.77. The monoisotopic (exact) mass is 357 g/mol. The number of aryl methyl sites for hydroxylation is 1. The molecule has 0 N–H and O–H groups in total. The number of benzene rings is 1. The van der Waals surface area contributed by atoms with Gasteiger partial charge in [-0.25, -0.2) is 4.79 Å². The molecule has 0 aliphatic carbocycles. The lowest BCUT2D eigenvalue weighted by Crippen LogP contribution is -2.27. The van der Waals surface area contributed by atoms with Crippen LogP contribution in [-0.4, -0.2) is 29.5 Å². The van der Waals surface area contributed by atoms with Crippen molar-refractivity contribution in [3.05, 3.63) is 29.5 Å². The Labute approximate surface area is 144 Å². The van der Waals surface area contributed by atoms with E-state index in [1.54, 1.807) is 27.7 Å². The Morgan fingerprint density at radius 2 is 1.84 bits per heavy atom. The van der Waals surface area contributed by atoms with E-state index in [0.717, 1.165) is 6.92 Å². The summed E-state index contributed by atoms with van der Waals surface area (Å²) in [5.74, 6) is -1.59. The molecule has 138 valence electrons. The number of hydrogen-bond acceptors (Lipinski definition) is 3. The first-order chi connectivity index (χ1) is 11.4. The third-order valence-electron chi connectivity index (χ3n) is 3.90. The van der Waals surface area contributed by atoms with Crippen molar-refractivity contribution in [3.8, 4) is 5.75 Å². The number of carbonyl (C=O) groups excluding carboxylic acids is 1. The Kier molecular flexibility index (Phi) is 4.81. The summed E-state index contributed by atoms with van der Waals surface area (Å²) in [5.41, 5.74) is 0.316. The van der Waals surface area contributed by atoms with Crippen molar-refractivity contribution >= 4 is 17.0 Å². The number of fused-ring (bicyclic) bond motifs is 1. The van der Waals surface area contributed by atoms with Gasteiger partial charge in [0.05, 0.1) is 18.5 Å². The average Bonchev–Trinajstić information content (AvgIpc) is 2.89. The van der Waals surface area contributed by atoms with Gasteiger partial charge in [0.1, 0.15) is 11.4 Å². The summed E-state index contributed by atoms with van der Waals surface area (Å²) >= 11 is 0. The first-order valence-electron chi connectivity index (χ1n) is 7.85. The molecule has 2 rings (SSSR count). The molecule has 25 heavy (non-hydrogen) atoms. The highest BCUT2D eigenvalue weighted by molar-refractivity contribution is 5.95. The van der Waals surface area contributed by atoms with Crippen LogP contribution < -0.4 is 4.74 Å². The fraction of sp³-hybridized carbons (Fsp3) is 0.500. The van der Waals surface area contributed by atoms with Crippen LogP contribution in [0.2, 0.25) is 0 Å². The standard InChI is InChI=1S/C18H22F3NO3/c1-10-9-13(24-6)14(11(2)18(19,20)21)12-7-8-22(15(10)12)16(23)25-17(3,4)5/h7-9,11H,1-6H3. The fourth-order valence-corrected chi connectivity index (χ4v) is 2.77. The summed E-state index contributed by atoms with van der Waals surface area (Å²) in [5, 5.41) is 0.326. The van der Waals surface area contributed by atoms with Gasteiger partial charge in [-0.2, -0.15) is 13.2 Å². The van der Waals surface area contributed by atoms with Gasteiger partial charge in [0, 0.05) is 17.1 Å². The van der Waals surface area contributed by atoms with E-state index >= 15 is 0 Å². The summed E-state index contributed by atoms with van der Waals surface area (Å²) < 4.78 is 51.7. The quantitative estimate of drug-likeness (QED) is 0.722. The van der Waals surface area contributed by atoms with E-state index in [9.17, 15) is 18.0 Å². The molecule has 0 radical (unpaired) electrons. The highest BCUT2D eigenvalue weighted by Crippen LogP contribution is 2.43. The number of alkyl halides is 3. The number of methoxy groups -OCH3 is 1. The molecule has 0 saturated heterocycles. The molecule has 0 aliphatic rings. The lowest BCUT2D eigenvalue weighted by Gasteiger charge is -2.22. The maximum atomic E-state index is 13.3.